The number of halogens is 1. The lowest BCUT2D eigenvalue weighted by Crippen LogP contribution is -2.32. The molecule has 1 aliphatic heterocycles. The summed E-state index contributed by atoms with van der Waals surface area (Å²) < 4.78 is 4.91. The molecule has 0 spiro atoms. The van der Waals surface area contributed by atoms with E-state index in [2.05, 4.69) is 0 Å². The molecule has 6 heteroatoms. The van der Waals surface area contributed by atoms with Gasteiger partial charge in [0.25, 0.3) is 0 Å². The third-order valence-electron chi connectivity index (χ3n) is 4.98. The first-order valence-electron chi connectivity index (χ1n) is 10.4. The number of benzene rings is 1. The van der Waals surface area contributed by atoms with Crippen molar-refractivity contribution >= 4 is 29.3 Å². The highest BCUT2D eigenvalue weighted by Gasteiger charge is 2.28. The third kappa shape index (κ3) is 8.40. The fourth-order valence-electron chi connectivity index (χ4n) is 3.51. The fourth-order valence-corrected chi connectivity index (χ4v) is 3.72. The highest BCUT2D eigenvalue weighted by Crippen LogP contribution is 2.21. The Bertz CT molecular complexity index is 731. The number of nitrogens with zero attached hydrogens (tertiary/aromatic N) is 1. The van der Waals surface area contributed by atoms with Gasteiger partial charge < -0.3 is 9.64 Å². The maximum Gasteiger partial charge on any atom is 0.305 e. The van der Waals surface area contributed by atoms with Gasteiger partial charge in [0.15, 0.2) is 5.78 Å². The van der Waals surface area contributed by atoms with Crippen LogP contribution in [0.2, 0.25) is 5.02 Å². The minimum absolute atomic E-state index is 0.00512. The SMILES string of the molecule is CCOC(=O)CCCCCCN1C(=O)CC[C@@H]1/C=C/C(=O)Cc1cccc(Cl)c1. The molecule has 1 aromatic carbocycles. The molecule has 0 radical (unpaired) electrons. The molecule has 1 amide bonds. The predicted octanol–water partition coefficient (Wildman–Crippen LogP) is 4.51. The summed E-state index contributed by atoms with van der Waals surface area (Å²) in [5, 5.41) is 0.620. The van der Waals surface area contributed by atoms with Crippen molar-refractivity contribution in [2.24, 2.45) is 0 Å². The molecule has 0 unspecified atom stereocenters. The smallest absolute Gasteiger partial charge is 0.305 e. The Kier molecular flexibility index (Phi) is 9.92. The van der Waals surface area contributed by atoms with Crippen molar-refractivity contribution in [3.8, 4) is 0 Å². The number of carbonyl (C=O) groups excluding carboxylic acids is 3. The van der Waals surface area contributed by atoms with Crippen LogP contribution in [0.25, 0.3) is 0 Å². The minimum Gasteiger partial charge on any atom is -0.466 e. The second-order valence-electron chi connectivity index (χ2n) is 7.29. The van der Waals surface area contributed by atoms with Gasteiger partial charge in [0, 0.05) is 30.8 Å². The van der Waals surface area contributed by atoms with Gasteiger partial charge in [-0.2, -0.15) is 0 Å². The molecule has 2 rings (SSSR count). The van der Waals surface area contributed by atoms with Crippen LogP contribution in [0.15, 0.2) is 36.4 Å². The van der Waals surface area contributed by atoms with Gasteiger partial charge >= 0.3 is 5.97 Å². The van der Waals surface area contributed by atoms with E-state index in [0.717, 1.165) is 37.7 Å². The maximum atomic E-state index is 12.2. The molecular weight excluding hydrogens is 390 g/mol. The number of esters is 1. The van der Waals surface area contributed by atoms with Gasteiger partial charge in [0.1, 0.15) is 0 Å². The first kappa shape index (κ1) is 23.1. The molecule has 1 aliphatic rings. The number of rotatable bonds is 12. The van der Waals surface area contributed by atoms with Crippen molar-refractivity contribution in [3.63, 3.8) is 0 Å². The number of carbonyl (C=O) groups is 3. The lowest BCUT2D eigenvalue weighted by atomic mass is 10.1. The number of ether oxygens (including phenoxy) is 1. The Morgan fingerprint density at radius 2 is 2.03 bits per heavy atom. The van der Waals surface area contributed by atoms with E-state index in [1.54, 1.807) is 25.1 Å². The van der Waals surface area contributed by atoms with E-state index in [-0.39, 0.29) is 23.7 Å². The number of amides is 1. The molecule has 158 valence electrons. The van der Waals surface area contributed by atoms with Crippen molar-refractivity contribution in [1.82, 2.24) is 4.90 Å². The maximum absolute atomic E-state index is 12.2. The second-order valence-corrected chi connectivity index (χ2v) is 7.73. The highest BCUT2D eigenvalue weighted by atomic mass is 35.5. The molecule has 5 nitrogen and oxygen atoms in total. The summed E-state index contributed by atoms with van der Waals surface area (Å²) in [6.45, 7) is 2.92. The Morgan fingerprint density at radius 1 is 1.24 bits per heavy atom. The zero-order valence-electron chi connectivity index (χ0n) is 17.1. The summed E-state index contributed by atoms with van der Waals surface area (Å²) >= 11 is 5.96. The van der Waals surface area contributed by atoms with Gasteiger partial charge in [-0.1, -0.05) is 42.7 Å². The molecular formula is C23H30ClNO4. The van der Waals surface area contributed by atoms with Gasteiger partial charge in [-0.05, 0) is 50.0 Å². The summed E-state index contributed by atoms with van der Waals surface area (Å²) in [6.07, 6.45) is 9.11. The molecule has 0 bridgehead atoms. The van der Waals surface area contributed by atoms with Gasteiger partial charge in [-0.15, -0.1) is 0 Å². The molecule has 29 heavy (non-hydrogen) atoms. The summed E-state index contributed by atoms with van der Waals surface area (Å²) in [5.74, 6) is 0.00820. The normalized spacial score (nSPS) is 16.6. The first-order valence-corrected chi connectivity index (χ1v) is 10.8. The summed E-state index contributed by atoms with van der Waals surface area (Å²) in [6, 6.07) is 7.28. The topological polar surface area (TPSA) is 63.7 Å². The van der Waals surface area contributed by atoms with Crippen LogP contribution in [0.5, 0.6) is 0 Å². The molecule has 0 saturated carbocycles. The Labute approximate surface area is 178 Å². The van der Waals surface area contributed by atoms with Gasteiger partial charge in [0.2, 0.25) is 5.91 Å². The van der Waals surface area contributed by atoms with Gasteiger partial charge in [-0.25, -0.2) is 0 Å². The van der Waals surface area contributed by atoms with Crippen LogP contribution >= 0.6 is 11.6 Å². The summed E-state index contributed by atoms with van der Waals surface area (Å²) in [5.41, 5.74) is 0.884. The van der Waals surface area contributed by atoms with E-state index in [1.807, 2.05) is 23.1 Å². The summed E-state index contributed by atoms with van der Waals surface area (Å²) in [4.78, 5) is 37.6. The number of hydrogen-bond acceptors (Lipinski definition) is 4. The van der Waals surface area contributed by atoms with Crippen molar-refractivity contribution < 1.29 is 19.1 Å². The zero-order chi connectivity index (χ0) is 21.1. The summed E-state index contributed by atoms with van der Waals surface area (Å²) in [7, 11) is 0. The van der Waals surface area contributed by atoms with E-state index in [0.29, 0.717) is 37.4 Å². The molecule has 0 N–H and O–H groups in total. The van der Waals surface area contributed by atoms with Crippen molar-refractivity contribution in [2.45, 2.75) is 64.3 Å². The average molecular weight is 420 g/mol. The van der Waals surface area contributed by atoms with Crippen LogP contribution in [-0.2, 0) is 25.5 Å². The number of likely N-dealkylation sites (tertiary alicyclic amines) is 1. The van der Waals surface area contributed by atoms with E-state index in [1.165, 1.54) is 0 Å². The number of ketones is 1. The molecule has 1 saturated heterocycles. The number of hydrogen-bond donors (Lipinski definition) is 0. The average Bonchev–Trinajstić information content (AvgIpc) is 3.03. The third-order valence-corrected chi connectivity index (χ3v) is 5.22. The molecule has 0 aromatic heterocycles. The lowest BCUT2D eigenvalue weighted by molar-refractivity contribution is -0.143. The molecule has 1 heterocycles. The van der Waals surface area contributed by atoms with E-state index < -0.39 is 0 Å². The van der Waals surface area contributed by atoms with Crippen molar-refractivity contribution in [1.29, 1.82) is 0 Å². The number of allylic oxidation sites excluding steroid dienone is 1. The van der Waals surface area contributed by atoms with E-state index in [4.69, 9.17) is 16.3 Å². The van der Waals surface area contributed by atoms with Crippen LogP contribution in [0, 0.1) is 0 Å². The first-order chi connectivity index (χ1) is 14.0. The van der Waals surface area contributed by atoms with E-state index >= 15 is 0 Å². The Balaban J connectivity index is 1.72. The van der Waals surface area contributed by atoms with Crippen LogP contribution in [-0.4, -0.2) is 41.8 Å². The van der Waals surface area contributed by atoms with Crippen LogP contribution in [0.4, 0.5) is 0 Å². The van der Waals surface area contributed by atoms with Crippen LogP contribution < -0.4 is 0 Å². The zero-order valence-corrected chi connectivity index (χ0v) is 17.8. The highest BCUT2D eigenvalue weighted by molar-refractivity contribution is 6.30. The molecule has 0 aliphatic carbocycles. The molecule has 1 aromatic rings. The van der Waals surface area contributed by atoms with E-state index in [9.17, 15) is 14.4 Å². The van der Waals surface area contributed by atoms with Gasteiger partial charge in [-0.3, -0.25) is 14.4 Å². The van der Waals surface area contributed by atoms with Crippen LogP contribution in [0.1, 0.15) is 57.4 Å². The lowest BCUT2D eigenvalue weighted by Gasteiger charge is -2.22. The predicted molar refractivity (Wildman–Crippen MR) is 114 cm³/mol. The molecule has 1 atom stereocenters. The number of unbranched alkanes of at least 4 members (excludes halogenated alkanes) is 3. The monoisotopic (exact) mass is 419 g/mol. The minimum atomic E-state index is -0.144. The Hall–Kier alpha value is -2.14. The van der Waals surface area contributed by atoms with Crippen molar-refractivity contribution in [2.75, 3.05) is 13.2 Å². The van der Waals surface area contributed by atoms with Gasteiger partial charge in [0.05, 0.1) is 12.6 Å². The standard InChI is InChI=1S/C23H30ClNO4/c1-2-29-23(28)10-5-3-4-6-15-25-20(12-14-22(25)27)11-13-21(26)17-18-8-7-9-19(24)16-18/h7-9,11,13,16,20H,2-6,10,12,14-15,17H2,1H3/b13-11+/t20-/m0/s1. The second kappa shape index (κ2) is 12.4. The molecule has 1 fully saturated rings. The fraction of sp³-hybridized carbons (Fsp3) is 0.522. The largest absolute Gasteiger partial charge is 0.466 e. The Morgan fingerprint density at radius 3 is 2.79 bits per heavy atom. The van der Waals surface area contributed by atoms with Crippen molar-refractivity contribution in [3.05, 3.63) is 47.0 Å². The quantitative estimate of drug-likeness (QED) is 0.284. The van der Waals surface area contributed by atoms with Crippen LogP contribution in [0.3, 0.4) is 0 Å².